The molecule has 4 rings (SSSR count). The molecule has 0 aromatic heterocycles. The van der Waals surface area contributed by atoms with Gasteiger partial charge in [-0.15, -0.1) is 0 Å². The van der Waals surface area contributed by atoms with E-state index in [9.17, 15) is 22.8 Å². The Kier molecular flexibility index (Phi) is 8.26. The van der Waals surface area contributed by atoms with Gasteiger partial charge in [0.1, 0.15) is 16.7 Å². The fourth-order valence-corrected chi connectivity index (χ4v) is 4.83. The van der Waals surface area contributed by atoms with Crippen LogP contribution < -0.4 is 14.8 Å². The molecule has 0 spiro atoms. The minimum absolute atomic E-state index is 0.0145. The quantitative estimate of drug-likeness (QED) is 0.403. The Hall–Kier alpha value is -3.99. The molecule has 1 heterocycles. The van der Waals surface area contributed by atoms with Gasteiger partial charge in [-0.05, 0) is 48.0 Å². The second-order valence-electron chi connectivity index (χ2n) is 8.27. The van der Waals surface area contributed by atoms with Crippen molar-refractivity contribution >= 4 is 40.1 Å². The van der Waals surface area contributed by atoms with E-state index >= 15 is 0 Å². The first kappa shape index (κ1) is 27.1. The highest BCUT2D eigenvalue weighted by molar-refractivity contribution is 8.15. The highest BCUT2D eigenvalue weighted by Crippen LogP contribution is 2.35. The number of hydrogen-bond donors (Lipinski definition) is 1. The Balaban J connectivity index is 1.65. The van der Waals surface area contributed by atoms with Crippen LogP contribution in [0, 0.1) is 0 Å². The molecule has 1 aliphatic rings. The van der Waals surface area contributed by atoms with Gasteiger partial charge in [0.05, 0.1) is 37.7 Å². The largest absolute Gasteiger partial charge is 0.497 e. The van der Waals surface area contributed by atoms with Crippen molar-refractivity contribution in [1.82, 2.24) is 4.90 Å². The van der Waals surface area contributed by atoms with Crippen LogP contribution in [0.5, 0.6) is 11.5 Å². The summed E-state index contributed by atoms with van der Waals surface area (Å²) >= 11 is 1.02. The van der Waals surface area contributed by atoms with Gasteiger partial charge in [0.25, 0.3) is 0 Å². The van der Waals surface area contributed by atoms with Crippen LogP contribution in [0.3, 0.4) is 0 Å². The van der Waals surface area contributed by atoms with Gasteiger partial charge in [0.2, 0.25) is 11.8 Å². The number of para-hydroxylation sites is 2. The Morgan fingerprint density at radius 3 is 2.47 bits per heavy atom. The van der Waals surface area contributed by atoms with E-state index in [4.69, 9.17) is 9.47 Å². The number of amidine groups is 1. The average Bonchev–Trinajstić information content (AvgIpc) is 2.90. The first-order chi connectivity index (χ1) is 18.2. The zero-order valence-corrected chi connectivity index (χ0v) is 21.3. The Bertz CT molecular complexity index is 1350. The summed E-state index contributed by atoms with van der Waals surface area (Å²) in [5, 5.41) is 2.03. The summed E-state index contributed by atoms with van der Waals surface area (Å²) in [5.74, 6) is 0.255. The fraction of sp³-hybridized carbons (Fsp3) is 0.222. The van der Waals surface area contributed by atoms with Crippen molar-refractivity contribution in [2.75, 3.05) is 19.5 Å². The normalized spacial score (nSPS) is 16.9. The number of anilines is 1. The zero-order chi connectivity index (χ0) is 27.3. The molecule has 2 amide bonds. The lowest BCUT2D eigenvalue weighted by Gasteiger charge is -2.32. The number of methoxy groups -OCH3 is 2. The minimum atomic E-state index is -4.55. The fourth-order valence-electron chi connectivity index (χ4n) is 3.73. The summed E-state index contributed by atoms with van der Waals surface area (Å²) in [5.41, 5.74) is 0.345. The molecule has 1 atom stereocenters. The number of carbonyl (C=O) groups excluding carboxylic acids is 2. The van der Waals surface area contributed by atoms with E-state index in [-0.39, 0.29) is 29.7 Å². The van der Waals surface area contributed by atoms with Gasteiger partial charge < -0.3 is 14.8 Å². The van der Waals surface area contributed by atoms with Gasteiger partial charge in [-0.3, -0.25) is 14.5 Å². The molecule has 0 saturated carbocycles. The van der Waals surface area contributed by atoms with Crippen molar-refractivity contribution in [2.45, 2.75) is 24.4 Å². The predicted octanol–water partition coefficient (Wildman–Crippen LogP) is 5.88. The molecule has 0 bridgehead atoms. The van der Waals surface area contributed by atoms with Gasteiger partial charge in [-0.2, -0.15) is 13.2 Å². The number of nitrogens with one attached hydrogen (secondary N) is 1. The first-order valence-corrected chi connectivity index (χ1v) is 12.4. The number of hydrogen-bond acceptors (Lipinski definition) is 6. The van der Waals surface area contributed by atoms with Gasteiger partial charge in [-0.25, -0.2) is 4.99 Å². The molecule has 1 unspecified atom stereocenters. The number of amides is 2. The van der Waals surface area contributed by atoms with Crippen LogP contribution in [0.1, 0.15) is 17.5 Å². The summed E-state index contributed by atoms with van der Waals surface area (Å²) < 4.78 is 50.3. The summed E-state index contributed by atoms with van der Waals surface area (Å²) in [7, 11) is 3.01. The molecular weight excluding hydrogens is 519 g/mol. The molecule has 198 valence electrons. The summed E-state index contributed by atoms with van der Waals surface area (Å²) in [4.78, 5) is 32.1. The predicted molar refractivity (Wildman–Crippen MR) is 140 cm³/mol. The number of rotatable bonds is 7. The van der Waals surface area contributed by atoms with Crippen molar-refractivity contribution in [1.29, 1.82) is 0 Å². The number of ether oxygens (including phenoxy) is 2. The third kappa shape index (κ3) is 6.46. The van der Waals surface area contributed by atoms with Gasteiger partial charge in [-0.1, -0.05) is 42.1 Å². The van der Waals surface area contributed by atoms with Crippen molar-refractivity contribution in [2.24, 2.45) is 4.99 Å². The molecule has 0 aliphatic carbocycles. The van der Waals surface area contributed by atoms with Gasteiger partial charge >= 0.3 is 6.18 Å². The molecular formula is C27H24F3N3O4S. The smallest absolute Gasteiger partial charge is 0.416 e. The van der Waals surface area contributed by atoms with Crippen LogP contribution in [0.4, 0.5) is 24.5 Å². The maximum atomic E-state index is 13.3. The van der Waals surface area contributed by atoms with Crippen molar-refractivity contribution in [3.63, 3.8) is 0 Å². The monoisotopic (exact) mass is 543 g/mol. The zero-order valence-electron chi connectivity index (χ0n) is 20.5. The summed E-state index contributed by atoms with van der Waals surface area (Å²) in [6, 6.07) is 18.4. The summed E-state index contributed by atoms with van der Waals surface area (Å²) in [6.07, 6.45) is -4.67. The molecule has 38 heavy (non-hydrogen) atoms. The highest BCUT2D eigenvalue weighted by Gasteiger charge is 2.36. The number of aliphatic imine (C=N–C) groups is 1. The lowest BCUT2D eigenvalue weighted by Crippen LogP contribution is -2.44. The molecule has 1 fully saturated rings. The highest BCUT2D eigenvalue weighted by atomic mass is 32.2. The maximum Gasteiger partial charge on any atom is 0.416 e. The van der Waals surface area contributed by atoms with Crippen LogP contribution >= 0.6 is 11.8 Å². The molecule has 1 saturated heterocycles. The molecule has 1 N–H and O–H groups in total. The third-order valence-electron chi connectivity index (χ3n) is 5.69. The van der Waals surface area contributed by atoms with E-state index < -0.39 is 22.9 Å². The number of halogens is 3. The lowest BCUT2D eigenvalue weighted by molar-refractivity contribution is -0.137. The SMILES string of the molecule is COc1ccc(CN2C(=O)CC(C(=O)Nc3ccccc3OC)SC2=Nc2cccc(C(F)(F)F)c2)cc1. The average molecular weight is 544 g/mol. The lowest BCUT2D eigenvalue weighted by atomic mass is 10.2. The molecule has 0 radical (unpaired) electrons. The van der Waals surface area contributed by atoms with E-state index in [1.54, 1.807) is 48.5 Å². The van der Waals surface area contributed by atoms with Crippen LogP contribution in [0.2, 0.25) is 0 Å². The van der Waals surface area contributed by atoms with Crippen molar-refractivity contribution in [3.05, 3.63) is 83.9 Å². The Morgan fingerprint density at radius 1 is 1.05 bits per heavy atom. The molecule has 3 aromatic rings. The minimum Gasteiger partial charge on any atom is -0.497 e. The van der Waals surface area contributed by atoms with E-state index in [1.807, 2.05) is 0 Å². The maximum absolute atomic E-state index is 13.3. The number of carbonyl (C=O) groups is 2. The number of alkyl halides is 3. The van der Waals surface area contributed by atoms with Gasteiger partial charge in [0, 0.05) is 6.42 Å². The van der Waals surface area contributed by atoms with Gasteiger partial charge in [0.15, 0.2) is 5.17 Å². The van der Waals surface area contributed by atoms with Crippen LogP contribution in [-0.2, 0) is 22.3 Å². The van der Waals surface area contributed by atoms with Crippen molar-refractivity contribution < 1.29 is 32.2 Å². The van der Waals surface area contributed by atoms with Crippen molar-refractivity contribution in [3.8, 4) is 11.5 Å². The molecule has 11 heteroatoms. The second kappa shape index (κ2) is 11.6. The van der Waals surface area contributed by atoms with Crippen LogP contribution in [0.25, 0.3) is 0 Å². The van der Waals surface area contributed by atoms with Crippen LogP contribution in [-0.4, -0.2) is 41.4 Å². The first-order valence-electron chi connectivity index (χ1n) is 11.5. The third-order valence-corrected chi connectivity index (χ3v) is 6.88. The molecule has 7 nitrogen and oxygen atoms in total. The van der Waals surface area contributed by atoms with E-state index in [0.29, 0.717) is 17.2 Å². The van der Waals surface area contributed by atoms with E-state index in [0.717, 1.165) is 29.5 Å². The summed E-state index contributed by atoms with van der Waals surface area (Å²) in [6.45, 7) is 0.120. The Morgan fingerprint density at radius 2 is 1.79 bits per heavy atom. The van der Waals surface area contributed by atoms with Crippen LogP contribution in [0.15, 0.2) is 77.8 Å². The standard InChI is InChI=1S/C27H24F3N3O4S/c1-36-20-12-10-17(11-13-20)16-33-24(34)15-23(25(35)32-21-8-3-4-9-22(21)37-2)38-26(33)31-19-7-5-6-18(14-19)27(28,29)30/h3-14,23H,15-16H2,1-2H3,(H,32,35). The molecule has 1 aliphatic heterocycles. The topological polar surface area (TPSA) is 80.2 Å². The number of thioether (sulfide) groups is 1. The number of benzene rings is 3. The van der Waals surface area contributed by atoms with E-state index in [2.05, 4.69) is 10.3 Å². The number of nitrogens with zero attached hydrogens (tertiary/aromatic N) is 2. The Labute approximate surface area is 221 Å². The van der Waals surface area contributed by atoms with E-state index in [1.165, 1.54) is 31.3 Å². The second-order valence-corrected chi connectivity index (χ2v) is 9.44. The molecule has 3 aromatic carbocycles.